The Labute approximate surface area is 173 Å². The zero-order valence-corrected chi connectivity index (χ0v) is 16.9. The summed E-state index contributed by atoms with van der Waals surface area (Å²) in [6.45, 7) is 2.97. The van der Waals surface area contributed by atoms with Gasteiger partial charge in [-0.3, -0.25) is 24.6 Å². The van der Waals surface area contributed by atoms with Gasteiger partial charge in [0, 0.05) is 19.2 Å². The molecular formula is C21H22N4O5. The number of imide groups is 1. The maximum absolute atomic E-state index is 13.0. The largest absolute Gasteiger partial charge is 0.337 e. The summed E-state index contributed by atoms with van der Waals surface area (Å²) in [6, 6.07) is 13.9. The Morgan fingerprint density at radius 3 is 2.33 bits per heavy atom. The minimum atomic E-state index is -1.41. The van der Waals surface area contributed by atoms with Crippen LogP contribution in [0.5, 0.6) is 0 Å². The summed E-state index contributed by atoms with van der Waals surface area (Å²) in [7, 11) is 1.62. The lowest BCUT2D eigenvalue weighted by Crippen LogP contribution is -2.44. The highest BCUT2D eigenvalue weighted by atomic mass is 16.6. The second-order valence-corrected chi connectivity index (χ2v) is 7.34. The van der Waals surface area contributed by atoms with Crippen LogP contribution in [0.1, 0.15) is 31.0 Å². The van der Waals surface area contributed by atoms with Gasteiger partial charge in [0.2, 0.25) is 5.91 Å². The van der Waals surface area contributed by atoms with Crippen molar-refractivity contribution in [3.8, 4) is 0 Å². The summed E-state index contributed by atoms with van der Waals surface area (Å²) in [5.41, 5.74) is -0.202. The molecule has 1 aliphatic rings. The van der Waals surface area contributed by atoms with Crippen LogP contribution in [0.4, 0.5) is 10.5 Å². The number of carbonyl (C=O) groups excluding carboxylic acids is 3. The highest BCUT2D eigenvalue weighted by Gasteiger charge is 2.49. The summed E-state index contributed by atoms with van der Waals surface area (Å²) in [5, 5.41) is 13.4. The number of nitro groups is 1. The highest BCUT2D eigenvalue weighted by molar-refractivity contribution is 6.09. The molecule has 0 radical (unpaired) electrons. The van der Waals surface area contributed by atoms with E-state index in [0.717, 1.165) is 10.5 Å². The minimum Gasteiger partial charge on any atom is -0.337 e. The van der Waals surface area contributed by atoms with Crippen LogP contribution in [-0.4, -0.2) is 46.2 Å². The first-order valence-corrected chi connectivity index (χ1v) is 9.35. The van der Waals surface area contributed by atoms with Crippen LogP contribution in [0.3, 0.4) is 0 Å². The van der Waals surface area contributed by atoms with Crippen molar-refractivity contribution < 1.29 is 19.3 Å². The fourth-order valence-electron chi connectivity index (χ4n) is 3.37. The van der Waals surface area contributed by atoms with Crippen molar-refractivity contribution in [2.45, 2.75) is 25.4 Å². The zero-order chi connectivity index (χ0) is 22.1. The smallest absolute Gasteiger partial charge is 0.325 e. The van der Waals surface area contributed by atoms with Gasteiger partial charge in [0.05, 0.1) is 11.0 Å². The van der Waals surface area contributed by atoms with Gasteiger partial charge in [-0.15, -0.1) is 0 Å². The Kier molecular flexibility index (Phi) is 5.55. The van der Waals surface area contributed by atoms with Gasteiger partial charge in [-0.2, -0.15) is 0 Å². The second-order valence-electron chi connectivity index (χ2n) is 7.34. The number of nitrogens with zero attached hydrogens (tertiary/aromatic N) is 3. The van der Waals surface area contributed by atoms with E-state index in [1.165, 1.54) is 36.1 Å². The molecule has 156 valence electrons. The molecular weight excluding hydrogens is 388 g/mol. The summed E-state index contributed by atoms with van der Waals surface area (Å²) < 4.78 is 0. The van der Waals surface area contributed by atoms with Gasteiger partial charge in [0.1, 0.15) is 12.1 Å². The van der Waals surface area contributed by atoms with E-state index in [9.17, 15) is 24.5 Å². The minimum absolute atomic E-state index is 0.123. The number of rotatable bonds is 6. The Hall–Kier alpha value is -3.75. The quantitative estimate of drug-likeness (QED) is 0.447. The number of hydrogen-bond acceptors (Lipinski definition) is 5. The van der Waals surface area contributed by atoms with Gasteiger partial charge in [0.15, 0.2) is 0 Å². The molecule has 9 nitrogen and oxygen atoms in total. The number of benzene rings is 2. The van der Waals surface area contributed by atoms with Gasteiger partial charge < -0.3 is 10.2 Å². The average Bonchev–Trinajstić information content (AvgIpc) is 2.97. The highest BCUT2D eigenvalue weighted by Crippen LogP contribution is 2.30. The summed E-state index contributed by atoms with van der Waals surface area (Å²) in [5.74, 6) is -0.974. The number of hydrogen-bond donors (Lipinski definition) is 1. The number of urea groups is 1. The molecule has 9 heteroatoms. The van der Waals surface area contributed by atoms with Crippen LogP contribution in [-0.2, 0) is 15.1 Å². The van der Waals surface area contributed by atoms with E-state index in [-0.39, 0.29) is 17.6 Å². The van der Waals surface area contributed by atoms with Gasteiger partial charge in [-0.05, 0) is 37.1 Å². The van der Waals surface area contributed by atoms with E-state index in [1.54, 1.807) is 7.05 Å². The SMILES string of the molecule is C[C@@H](c1ccccc1)N(C)C(=O)CN1C(=O)N[C@](C)(c2ccc([N+](=O)[O-])cc2)C1=O. The van der Waals surface area contributed by atoms with E-state index >= 15 is 0 Å². The lowest BCUT2D eigenvalue weighted by Gasteiger charge is -2.27. The lowest BCUT2D eigenvalue weighted by molar-refractivity contribution is -0.384. The van der Waals surface area contributed by atoms with Crippen molar-refractivity contribution in [3.63, 3.8) is 0 Å². The normalized spacial score (nSPS) is 19.4. The van der Waals surface area contributed by atoms with E-state index < -0.39 is 28.9 Å². The van der Waals surface area contributed by atoms with Crippen molar-refractivity contribution in [1.82, 2.24) is 15.1 Å². The third kappa shape index (κ3) is 3.73. The van der Waals surface area contributed by atoms with Crippen molar-refractivity contribution in [1.29, 1.82) is 0 Å². The molecule has 0 aliphatic carbocycles. The monoisotopic (exact) mass is 410 g/mol. The Morgan fingerprint density at radius 2 is 1.77 bits per heavy atom. The number of nitro benzene ring substituents is 1. The number of amides is 4. The molecule has 1 heterocycles. The average molecular weight is 410 g/mol. The number of non-ortho nitro benzene ring substituents is 1. The molecule has 0 aromatic heterocycles. The lowest BCUT2D eigenvalue weighted by atomic mass is 9.92. The molecule has 1 saturated heterocycles. The van der Waals surface area contributed by atoms with Gasteiger partial charge in [-0.25, -0.2) is 4.79 Å². The third-order valence-corrected chi connectivity index (χ3v) is 5.48. The number of nitrogens with one attached hydrogen (secondary N) is 1. The molecule has 2 aromatic carbocycles. The van der Waals surface area contributed by atoms with Crippen LogP contribution in [0, 0.1) is 10.1 Å². The van der Waals surface area contributed by atoms with Gasteiger partial charge in [0.25, 0.3) is 11.6 Å². The van der Waals surface area contributed by atoms with Crippen molar-refractivity contribution in [2.75, 3.05) is 13.6 Å². The summed E-state index contributed by atoms with van der Waals surface area (Å²) >= 11 is 0. The Morgan fingerprint density at radius 1 is 1.17 bits per heavy atom. The fraction of sp³-hybridized carbons (Fsp3) is 0.286. The molecule has 2 aromatic rings. The molecule has 0 bridgehead atoms. The summed E-state index contributed by atoms with van der Waals surface area (Å²) in [4.78, 5) is 50.9. The molecule has 2 atom stereocenters. The molecule has 3 rings (SSSR count). The molecule has 0 unspecified atom stereocenters. The molecule has 30 heavy (non-hydrogen) atoms. The van der Waals surface area contributed by atoms with Gasteiger partial charge in [-0.1, -0.05) is 30.3 Å². The van der Waals surface area contributed by atoms with Crippen molar-refractivity contribution in [3.05, 3.63) is 75.8 Å². The third-order valence-electron chi connectivity index (χ3n) is 5.48. The van der Waals surface area contributed by atoms with E-state index in [1.807, 2.05) is 37.3 Å². The van der Waals surface area contributed by atoms with E-state index in [4.69, 9.17) is 0 Å². The van der Waals surface area contributed by atoms with Crippen LogP contribution < -0.4 is 5.32 Å². The van der Waals surface area contributed by atoms with E-state index in [2.05, 4.69) is 5.32 Å². The molecule has 4 amide bonds. The van der Waals surface area contributed by atoms with Crippen molar-refractivity contribution >= 4 is 23.5 Å². The first-order chi connectivity index (χ1) is 14.1. The molecule has 1 fully saturated rings. The Bertz CT molecular complexity index is 992. The maximum Gasteiger partial charge on any atom is 0.325 e. The number of likely N-dealkylation sites (N-methyl/N-ethyl adjacent to an activating group) is 1. The second kappa shape index (κ2) is 7.94. The first kappa shape index (κ1) is 21.0. The fourth-order valence-corrected chi connectivity index (χ4v) is 3.37. The van der Waals surface area contributed by atoms with Crippen LogP contribution in [0.2, 0.25) is 0 Å². The maximum atomic E-state index is 13.0. The molecule has 1 N–H and O–H groups in total. The first-order valence-electron chi connectivity index (χ1n) is 9.35. The van der Waals surface area contributed by atoms with Crippen LogP contribution >= 0.6 is 0 Å². The topological polar surface area (TPSA) is 113 Å². The van der Waals surface area contributed by atoms with Crippen LogP contribution in [0.15, 0.2) is 54.6 Å². The van der Waals surface area contributed by atoms with Crippen LogP contribution in [0.25, 0.3) is 0 Å². The number of carbonyl (C=O) groups is 3. The molecule has 1 aliphatic heterocycles. The van der Waals surface area contributed by atoms with Crippen molar-refractivity contribution in [2.24, 2.45) is 0 Å². The molecule has 0 saturated carbocycles. The van der Waals surface area contributed by atoms with Gasteiger partial charge >= 0.3 is 6.03 Å². The Balaban J connectivity index is 1.75. The summed E-state index contributed by atoms with van der Waals surface area (Å²) in [6.07, 6.45) is 0. The molecule has 0 spiro atoms. The standard InChI is InChI=1S/C21H22N4O5/c1-14(15-7-5-4-6-8-15)23(3)18(26)13-24-19(27)21(2,22-20(24)28)16-9-11-17(12-10-16)25(29)30/h4-12,14H,13H2,1-3H3,(H,22,28)/t14-,21+/m0/s1. The zero-order valence-electron chi connectivity index (χ0n) is 16.9. The van der Waals surface area contributed by atoms with E-state index in [0.29, 0.717) is 5.56 Å². The predicted molar refractivity (Wildman–Crippen MR) is 108 cm³/mol. The predicted octanol–water partition coefficient (Wildman–Crippen LogP) is 2.58.